The van der Waals surface area contributed by atoms with Crippen molar-refractivity contribution in [1.29, 1.82) is 0 Å². The van der Waals surface area contributed by atoms with Crippen molar-refractivity contribution in [3.8, 4) is 0 Å². The molecule has 1 N–H and O–H groups in total. The molecule has 1 rings (SSSR count). The summed E-state index contributed by atoms with van der Waals surface area (Å²) in [5, 5.41) is 10.2. The van der Waals surface area contributed by atoms with E-state index in [2.05, 4.69) is 0 Å². The van der Waals surface area contributed by atoms with E-state index in [1.54, 1.807) is 0 Å². The third-order valence-electron chi connectivity index (χ3n) is 1.91. The monoisotopic (exact) mass is 215 g/mol. The number of hydrogen-bond acceptors (Lipinski definition) is 3. The van der Waals surface area contributed by atoms with Crippen molar-refractivity contribution < 1.29 is 14.7 Å². The summed E-state index contributed by atoms with van der Waals surface area (Å²) >= 11 is 1.37. The lowest BCUT2D eigenvalue weighted by atomic mass is 9.95. The van der Waals surface area contributed by atoms with Crippen molar-refractivity contribution in [2.75, 3.05) is 0 Å². The molecule has 0 unspecified atom stereocenters. The number of rotatable bonds is 2. The average Bonchev–Trinajstić information content (AvgIpc) is 2.45. The van der Waals surface area contributed by atoms with E-state index in [1.807, 2.05) is 20.8 Å². The van der Waals surface area contributed by atoms with E-state index in [1.165, 1.54) is 22.1 Å². The molecule has 0 fully saturated rings. The van der Waals surface area contributed by atoms with Crippen LogP contribution in [0.5, 0.6) is 0 Å². The Labute approximate surface area is 87.0 Å². The summed E-state index contributed by atoms with van der Waals surface area (Å²) in [6.07, 6.45) is 0.579. The molecule has 0 aromatic heterocycles. The Hall–Kier alpha value is -0.970. The van der Waals surface area contributed by atoms with Gasteiger partial charge >= 0.3 is 5.97 Å². The van der Waals surface area contributed by atoms with E-state index >= 15 is 0 Å². The van der Waals surface area contributed by atoms with E-state index in [0.29, 0.717) is 6.41 Å². The number of amides is 1. The fourth-order valence-electron chi connectivity index (χ4n) is 1.28. The van der Waals surface area contributed by atoms with Crippen LogP contribution < -0.4 is 0 Å². The molecule has 0 aliphatic carbocycles. The maximum absolute atomic E-state index is 10.8. The largest absolute Gasteiger partial charge is 0.477 e. The molecule has 1 atom stereocenters. The standard InChI is InChI=1S/C9H13NO3S/c1-9(2,3)8-10(5-11)6(4-14-8)7(12)13/h4-5,8H,1-3H3,(H,12,13)/t8-/m1/s1. The van der Waals surface area contributed by atoms with E-state index in [9.17, 15) is 9.59 Å². The molecule has 0 radical (unpaired) electrons. The first-order chi connectivity index (χ1) is 6.38. The Morgan fingerprint density at radius 2 is 2.21 bits per heavy atom. The molecule has 5 heteroatoms. The molecule has 1 heterocycles. The Kier molecular flexibility index (Phi) is 2.89. The minimum Gasteiger partial charge on any atom is -0.477 e. The Bertz CT molecular complexity index is 293. The van der Waals surface area contributed by atoms with Crippen molar-refractivity contribution in [2.45, 2.75) is 26.1 Å². The van der Waals surface area contributed by atoms with Gasteiger partial charge in [-0.2, -0.15) is 0 Å². The Morgan fingerprint density at radius 3 is 2.57 bits per heavy atom. The van der Waals surface area contributed by atoms with Gasteiger partial charge in [0.2, 0.25) is 6.41 Å². The Balaban J connectivity index is 2.91. The van der Waals surface area contributed by atoms with Crippen LogP contribution >= 0.6 is 11.8 Å². The number of thioether (sulfide) groups is 1. The van der Waals surface area contributed by atoms with Crippen LogP contribution in [0.3, 0.4) is 0 Å². The molecule has 1 aliphatic rings. The number of carboxylic acid groups (broad SMARTS) is 1. The van der Waals surface area contributed by atoms with Crippen LogP contribution in [-0.2, 0) is 9.59 Å². The molecule has 0 saturated carbocycles. The quantitative estimate of drug-likeness (QED) is 0.709. The molecular weight excluding hydrogens is 202 g/mol. The lowest BCUT2D eigenvalue weighted by Crippen LogP contribution is -2.38. The summed E-state index contributed by atoms with van der Waals surface area (Å²) in [6, 6.07) is 0. The number of carboxylic acids is 1. The minimum absolute atomic E-state index is 0.0601. The maximum atomic E-state index is 10.8. The molecule has 1 amide bonds. The van der Waals surface area contributed by atoms with Crippen molar-refractivity contribution >= 4 is 24.1 Å². The number of carbonyl (C=O) groups excluding carboxylic acids is 1. The number of hydrogen-bond donors (Lipinski definition) is 1. The van der Waals surface area contributed by atoms with E-state index < -0.39 is 5.97 Å². The predicted octanol–water partition coefficient (Wildman–Crippen LogP) is 1.49. The third kappa shape index (κ3) is 1.92. The van der Waals surface area contributed by atoms with Gasteiger partial charge in [-0.25, -0.2) is 4.79 Å². The van der Waals surface area contributed by atoms with Crippen LogP contribution in [0.4, 0.5) is 0 Å². The normalized spacial score (nSPS) is 22.1. The van der Waals surface area contributed by atoms with Gasteiger partial charge in [-0.15, -0.1) is 11.8 Å². The van der Waals surface area contributed by atoms with Crippen LogP contribution in [0, 0.1) is 5.41 Å². The lowest BCUT2D eigenvalue weighted by Gasteiger charge is -2.32. The van der Waals surface area contributed by atoms with Crippen molar-refractivity contribution in [2.24, 2.45) is 5.41 Å². The smallest absolute Gasteiger partial charge is 0.353 e. The van der Waals surface area contributed by atoms with Gasteiger partial charge in [0.1, 0.15) is 5.70 Å². The van der Waals surface area contributed by atoms with Gasteiger partial charge in [-0.1, -0.05) is 20.8 Å². The summed E-state index contributed by atoms with van der Waals surface area (Å²) < 4.78 is 0. The van der Waals surface area contributed by atoms with E-state index in [4.69, 9.17) is 5.11 Å². The van der Waals surface area contributed by atoms with Crippen LogP contribution in [-0.4, -0.2) is 27.8 Å². The fraction of sp³-hybridized carbons (Fsp3) is 0.556. The second kappa shape index (κ2) is 3.65. The molecular formula is C9H13NO3S. The van der Waals surface area contributed by atoms with Gasteiger partial charge in [0.05, 0.1) is 5.37 Å². The van der Waals surface area contributed by atoms with Gasteiger partial charge in [-0.05, 0) is 5.41 Å². The number of aliphatic carboxylic acids is 1. The lowest BCUT2D eigenvalue weighted by molar-refractivity contribution is -0.136. The number of nitrogens with zero attached hydrogens (tertiary/aromatic N) is 1. The summed E-state index contributed by atoms with van der Waals surface area (Å²) in [5.41, 5.74) is -0.0795. The molecule has 78 valence electrons. The van der Waals surface area contributed by atoms with E-state index in [0.717, 1.165) is 0 Å². The average molecular weight is 215 g/mol. The highest BCUT2D eigenvalue weighted by Gasteiger charge is 2.38. The molecule has 14 heavy (non-hydrogen) atoms. The first kappa shape index (κ1) is 11.1. The highest BCUT2D eigenvalue weighted by molar-refractivity contribution is 8.03. The zero-order valence-electron chi connectivity index (χ0n) is 8.35. The van der Waals surface area contributed by atoms with E-state index in [-0.39, 0.29) is 16.5 Å². The van der Waals surface area contributed by atoms with Gasteiger partial charge in [0.25, 0.3) is 0 Å². The minimum atomic E-state index is -1.06. The van der Waals surface area contributed by atoms with Gasteiger partial charge < -0.3 is 5.11 Å². The Morgan fingerprint density at radius 1 is 1.64 bits per heavy atom. The number of carbonyl (C=O) groups is 2. The highest BCUT2D eigenvalue weighted by atomic mass is 32.2. The van der Waals surface area contributed by atoms with Gasteiger partial charge in [0.15, 0.2) is 0 Å². The first-order valence-corrected chi connectivity index (χ1v) is 5.15. The highest BCUT2D eigenvalue weighted by Crippen LogP contribution is 2.40. The fourth-order valence-corrected chi connectivity index (χ4v) is 2.46. The van der Waals surface area contributed by atoms with Crippen LogP contribution in [0.25, 0.3) is 0 Å². The maximum Gasteiger partial charge on any atom is 0.353 e. The van der Waals surface area contributed by atoms with Crippen molar-refractivity contribution in [3.63, 3.8) is 0 Å². The summed E-state index contributed by atoms with van der Waals surface area (Å²) in [6.45, 7) is 5.92. The molecule has 0 spiro atoms. The molecule has 1 aliphatic heterocycles. The summed E-state index contributed by atoms with van der Waals surface area (Å²) in [4.78, 5) is 22.8. The zero-order valence-corrected chi connectivity index (χ0v) is 9.17. The van der Waals surface area contributed by atoms with Crippen LogP contribution in [0.2, 0.25) is 0 Å². The molecule has 0 bridgehead atoms. The van der Waals surface area contributed by atoms with Crippen molar-refractivity contribution in [1.82, 2.24) is 4.90 Å². The van der Waals surface area contributed by atoms with Gasteiger partial charge in [-0.3, -0.25) is 9.69 Å². The molecule has 4 nitrogen and oxygen atoms in total. The second-order valence-electron chi connectivity index (χ2n) is 4.18. The topological polar surface area (TPSA) is 57.6 Å². The molecule has 0 aromatic rings. The third-order valence-corrected chi connectivity index (χ3v) is 3.46. The predicted molar refractivity (Wildman–Crippen MR) is 54.5 cm³/mol. The van der Waals surface area contributed by atoms with Crippen LogP contribution in [0.1, 0.15) is 20.8 Å². The van der Waals surface area contributed by atoms with Gasteiger partial charge in [0, 0.05) is 5.41 Å². The summed E-state index contributed by atoms with van der Waals surface area (Å²) in [5.74, 6) is -1.06. The van der Waals surface area contributed by atoms with Crippen LogP contribution in [0.15, 0.2) is 11.1 Å². The molecule has 0 aromatic carbocycles. The SMILES string of the molecule is CC(C)(C)[C@H]1SC=C(C(=O)O)N1C=O. The molecule has 0 saturated heterocycles. The van der Waals surface area contributed by atoms with Crippen molar-refractivity contribution in [3.05, 3.63) is 11.1 Å². The second-order valence-corrected chi connectivity index (χ2v) is 5.13. The zero-order chi connectivity index (χ0) is 10.9. The first-order valence-electron chi connectivity index (χ1n) is 4.20. The summed E-state index contributed by atoms with van der Waals surface area (Å²) in [7, 11) is 0.